The number of hydrogen-bond acceptors (Lipinski definition) is 1. The first kappa shape index (κ1) is 13.1. The Bertz CT molecular complexity index is 721. The molecule has 2 nitrogen and oxygen atoms in total. The number of nitrogens with zero attached hydrogens (tertiary/aromatic N) is 1. The van der Waals surface area contributed by atoms with E-state index in [4.69, 9.17) is 4.74 Å². The van der Waals surface area contributed by atoms with Gasteiger partial charge in [0.15, 0.2) is 6.20 Å². The van der Waals surface area contributed by atoms with Crippen LogP contribution in [0.4, 0.5) is 0 Å². The lowest BCUT2D eigenvalue weighted by Gasteiger charge is -2.05. The predicted molar refractivity (Wildman–Crippen MR) is 82.5 cm³/mol. The highest BCUT2D eigenvalue weighted by Gasteiger charge is 2.10. The first-order valence-electron chi connectivity index (χ1n) is 7.28. The van der Waals surface area contributed by atoms with Gasteiger partial charge in [0.1, 0.15) is 0 Å². The van der Waals surface area contributed by atoms with E-state index in [1.54, 1.807) is 0 Å². The van der Waals surface area contributed by atoms with E-state index >= 15 is 0 Å². The topological polar surface area (TPSA) is 13.1 Å². The van der Waals surface area contributed by atoms with Crippen LogP contribution < -0.4 is 4.57 Å². The number of ether oxygens (including phenoxy) is 1. The second-order valence-electron chi connectivity index (χ2n) is 5.09. The monoisotopic (exact) mass is 266 g/mol. The third-order valence-corrected chi connectivity index (χ3v) is 3.66. The molecule has 0 bridgehead atoms. The molecule has 3 aromatic rings. The van der Waals surface area contributed by atoms with E-state index in [9.17, 15) is 0 Å². The standard InChI is InChI=1S/C18H20NO/c1-2-3-13-20-14-19-12-6-9-17-16-8-5-4-7-15(16)10-11-18(17)19/h4-12H,2-3,13-14H2,1H3/q+1. The normalized spacial score (nSPS) is 11.2. The molecule has 20 heavy (non-hydrogen) atoms. The summed E-state index contributed by atoms with van der Waals surface area (Å²) in [5.74, 6) is 0. The molecule has 0 saturated carbocycles. The molecule has 0 fully saturated rings. The number of fused-ring (bicyclic) bond motifs is 3. The summed E-state index contributed by atoms with van der Waals surface area (Å²) in [5.41, 5.74) is 1.22. The fourth-order valence-corrected chi connectivity index (χ4v) is 2.56. The van der Waals surface area contributed by atoms with E-state index in [2.05, 4.69) is 66.2 Å². The Morgan fingerprint density at radius 2 is 1.80 bits per heavy atom. The molecule has 0 unspecified atom stereocenters. The van der Waals surface area contributed by atoms with Gasteiger partial charge in [-0.05, 0) is 29.3 Å². The van der Waals surface area contributed by atoms with Gasteiger partial charge in [0.25, 0.3) is 6.73 Å². The van der Waals surface area contributed by atoms with Crippen LogP contribution in [0, 0.1) is 0 Å². The molecule has 1 aromatic heterocycles. The van der Waals surface area contributed by atoms with Crippen molar-refractivity contribution in [1.82, 2.24) is 0 Å². The van der Waals surface area contributed by atoms with Crippen LogP contribution in [-0.2, 0) is 11.5 Å². The van der Waals surface area contributed by atoms with E-state index in [1.807, 2.05) is 0 Å². The number of aromatic nitrogens is 1. The molecule has 0 aliphatic rings. The maximum Gasteiger partial charge on any atom is 0.253 e. The minimum atomic E-state index is 0.621. The van der Waals surface area contributed by atoms with Crippen molar-refractivity contribution >= 4 is 21.7 Å². The van der Waals surface area contributed by atoms with Gasteiger partial charge < -0.3 is 4.74 Å². The molecular weight excluding hydrogens is 246 g/mol. The molecule has 0 amide bonds. The number of pyridine rings is 1. The van der Waals surface area contributed by atoms with E-state index in [-0.39, 0.29) is 0 Å². The van der Waals surface area contributed by atoms with Gasteiger partial charge in [-0.2, -0.15) is 4.57 Å². The van der Waals surface area contributed by atoms with Crippen molar-refractivity contribution in [1.29, 1.82) is 0 Å². The summed E-state index contributed by atoms with van der Waals surface area (Å²) < 4.78 is 7.92. The summed E-state index contributed by atoms with van der Waals surface area (Å²) in [6, 6.07) is 17.2. The maximum atomic E-state index is 5.74. The van der Waals surface area contributed by atoms with Gasteiger partial charge in [-0.15, -0.1) is 0 Å². The van der Waals surface area contributed by atoms with Crippen LogP contribution in [0.15, 0.2) is 54.7 Å². The lowest BCUT2D eigenvalue weighted by molar-refractivity contribution is -0.709. The number of hydrogen-bond donors (Lipinski definition) is 0. The van der Waals surface area contributed by atoms with Gasteiger partial charge in [-0.25, -0.2) is 0 Å². The number of benzene rings is 2. The lowest BCUT2D eigenvalue weighted by Crippen LogP contribution is -2.35. The van der Waals surface area contributed by atoms with E-state index in [1.165, 1.54) is 28.1 Å². The molecule has 1 heterocycles. The third-order valence-electron chi connectivity index (χ3n) is 3.66. The van der Waals surface area contributed by atoms with Gasteiger partial charge in [-0.3, -0.25) is 0 Å². The van der Waals surface area contributed by atoms with Crippen LogP contribution in [-0.4, -0.2) is 6.61 Å². The highest BCUT2D eigenvalue weighted by molar-refractivity contribution is 6.04. The largest absolute Gasteiger partial charge is 0.323 e. The Kier molecular flexibility index (Phi) is 3.93. The Hall–Kier alpha value is -1.93. The van der Waals surface area contributed by atoms with Crippen molar-refractivity contribution in [2.24, 2.45) is 0 Å². The quantitative estimate of drug-likeness (QED) is 0.386. The van der Waals surface area contributed by atoms with Crippen LogP contribution in [0.5, 0.6) is 0 Å². The molecule has 0 atom stereocenters. The summed E-state index contributed by atoms with van der Waals surface area (Å²) in [7, 11) is 0. The Balaban J connectivity index is 1.99. The molecular formula is C18H20NO+. The second kappa shape index (κ2) is 6.02. The highest BCUT2D eigenvalue weighted by Crippen LogP contribution is 2.22. The van der Waals surface area contributed by atoms with Crippen molar-refractivity contribution in [2.45, 2.75) is 26.5 Å². The van der Waals surface area contributed by atoms with Crippen molar-refractivity contribution in [3.63, 3.8) is 0 Å². The second-order valence-corrected chi connectivity index (χ2v) is 5.09. The fourth-order valence-electron chi connectivity index (χ4n) is 2.56. The molecule has 0 N–H and O–H groups in total. The van der Waals surface area contributed by atoms with Gasteiger partial charge >= 0.3 is 0 Å². The van der Waals surface area contributed by atoms with E-state index < -0.39 is 0 Å². The van der Waals surface area contributed by atoms with Crippen LogP contribution >= 0.6 is 0 Å². The molecule has 3 rings (SSSR count). The third kappa shape index (κ3) is 2.52. The Morgan fingerprint density at radius 3 is 2.70 bits per heavy atom. The average Bonchev–Trinajstić information content (AvgIpc) is 2.51. The van der Waals surface area contributed by atoms with Crippen LogP contribution in [0.25, 0.3) is 21.7 Å². The zero-order chi connectivity index (χ0) is 13.8. The van der Waals surface area contributed by atoms with Crippen molar-refractivity contribution in [3.05, 3.63) is 54.7 Å². The average molecular weight is 266 g/mol. The summed E-state index contributed by atoms with van der Waals surface area (Å²) >= 11 is 0. The van der Waals surface area contributed by atoms with Crippen molar-refractivity contribution < 1.29 is 9.30 Å². The van der Waals surface area contributed by atoms with Crippen LogP contribution in [0.3, 0.4) is 0 Å². The molecule has 2 heteroatoms. The summed E-state index contributed by atoms with van der Waals surface area (Å²) in [6.07, 6.45) is 4.38. The van der Waals surface area contributed by atoms with Gasteiger partial charge in [0.05, 0.1) is 12.0 Å². The smallest absolute Gasteiger partial charge is 0.253 e. The zero-order valence-electron chi connectivity index (χ0n) is 11.9. The van der Waals surface area contributed by atoms with Gasteiger partial charge in [0, 0.05) is 12.1 Å². The summed E-state index contributed by atoms with van der Waals surface area (Å²) in [5, 5.41) is 3.86. The highest BCUT2D eigenvalue weighted by atomic mass is 16.5. The van der Waals surface area contributed by atoms with Crippen molar-refractivity contribution in [3.8, 4) is 0 Å². The maximum absolute atomic E-state index is 5.74. The first-order valence-corrected chi connectivity index (χ1v) is 7.28. The lowest BCUT2D eigenvalue weighted by atomic mass is 10.1. The fraction of sp³-hybridized carbons (Fsp3) is 0.278. The molecule has 2 aromatic carbocycles. The Morgan fingerprint density at radius 1 is 0.950 bits per heavy atom. The minimum absolute atomic E-state index is 0.621. The van der Waals surface area contributed by atoms with E-state index in [0.717, 1.165) is 13.0 Å². The number of unbranched alkanes of at least 4 members (excludes halogenated alkanes) is 1. The minimum Gasteiger partial charge on any atom is -0.323 e. The van der Waals surface area contributed by atoms with Crippen LogP contribution in [0.1, 0.15) is 19.8 Å². The molecule has 0 aliphatic heterocycles. The molecule has 0 saturated heterocycles. The zero-order valence-corrected chi connectivity index (χ0v) is 11.9. The summed E-state index contributed by atoms with van der Waals surface area (Å²) in [4.78, 5) is 0. The van der Waals surface area contributed by atoms with Crippen molar-refractivity contribution in [2.75, 3.05) is 6.61 Å². The molecule has 102 valence electrons. The first-order chi connectivity index (χ1) is 9.90. The SMILES string of the molecule is CCCCOC[n+]1cccc2c3ccccc3ccc21. The molecule has 0 spiro atoms. The summed E-state index contributed by atoms with van der Waals surface area (Å²) in [6.45, 7) is 3.63. The van der Waals surface area contributed by atoms with Gasteiger partial charge in [-0.1, -0.05) is 37.6 Å². The molecule has 0 radical (unpaired) electrons. The predicted octanol–water partition coefficient (Wildman–Crippen LogP) is 4.05. The Labute approximate surface area is 119 Å². The van der Waals surface area contributed by atoms with Gasteiger partial charge in [0.2, 0.25) is 5.52 Å². The number of rotatable bonds is 5. The molecule has 0 aliphatic carbocycles. The van der Waals surface area contributed by atoms with Crippen LogP contribution in [0.2, 0.25) is 0 Å². The van der Waals surface area contributed by atoms with E-state index in [0.29, 0.717) is 6.73 Å².